The highest BCUT2D eigenvalue weighted by Crippen LogP contribution is 2.22. The molecule has 1 aromatic heterocycles. The quantitative estimate of drug-likeness (QED) is 0.481. The summed E-state index contributed by atoms with van der Waals surface area (Å²) in [4.78, 5) is 38.9. The molecule has 8 nitrogen and oxygen atoms in total. The van der Waals surface area contributed by atoms with Crippen molar-refractivity contribution in [3.8, 4) is 0 Å². The lowest BCUT2D eigenvalue weighted by Gasteiger charge is -2.35. The van der Waals surface area contributed by atoms with Gasteiger partial charge in [0.25, 0.3) is 0 Å². The first-order chi connectivity index (χ1) is 12.8. The zero-order valence-electron chi connectivity index (χ0n) is 16.0. The number of amidine groups is 1. The minimum atomic E-state index is -0.705. The van der Waals surface area contributed by atoms with Crippen molar-refractivity contribution in [1.29, 1.82) is 0 Å². The summed E-state index contributed by atoms with van der Waals surface area (Å²) in [6.45, 7) is 8.10. The van der Waals surface area contributed by atoms with Crippen LogP contribution in [0.15, 0.2) is 34.4 Å². The van der Waals surface area contributed by atoms with E-state index in [-0.39, 0.29) is 6.04 Å². The number of carbonyl (C=O) groups is 2. The van der Waals surface area contributed by atoms with Gasteiger partial charge in [-0.1, -0.05) is 6.58 Å². The monoisotopic (exact) mass is 370 g/mol. The third-order valence-electron chi connectivity index (χ3n) is 4.50. The fraction of sp³-hybridized carbons (Fsp3) is 0.421. The molecule has 1 saturated heterocycles. The van der Waals surface area contributed by atoms with Crippen LogP contribution < -0.4 is 11.1 Å². The molecule has 1 aliphatic rings. The number of pyridine rings is 1. The molecule has 0 spiro atoms. The summed E-state index contributed by atoms with van der Waals surface area (Å²) in [6.07, 6.45) is 5.60. The fourth-order valence-corrected chi connectivity index (χ4v) is 2.85. The number of anilines is 2. The Labute approximate surface area is 159 Å². The summed E-state index contributed by atoms with van der Waals surface area (Å²) >= 11 is 0. The van der Waals surface area contributed by atoms with Crippen LogP contribution in [0.1, 0.15) is 31.7 Å². The number of amides is 2. The van der Waals surface area contributed by atoms with Crippen molar-refractivity contribution in [2.45, 2.75) is 39.2 Å². The average molecular weight is 370 g/mol. The van der Waals surface area contributed by atoms with E-state index in [1.54, 1.807) is 38.1 Å². The summed E-state index contributed by atoms with van der Waals surface area (Å²) < 4.78 is 0. The van der Waals surface area contributed by atoms with E-state index < -0.39 is 11.8 Å². The standard InChI is InChI=1S/C19H26N6O2/c1-12-9-15(11-23-17(12)20)24-18(26)19(27)25-8-6-5-7-16(25)13(2)10-22-14(3)21-4/h9-11,16H,2,5-8H2,1,3-4H3,(H2,20,23)(H,24,26)/t16-/m0/s1. The molecule has 1 fully saturated rings. The van der Waals surface area contributed by atoms with Gasteiger partial charge < -0.3 is 16.0 Å². The Kier molecular flexibility index (Phi) is 6.81. The zero-order chi connectivity index (χ0) is 20.0. The van der Waals surface area contributed by atoms with E-state index in [9.17, 15) is 9.59 Å². The highest BCUT2D eigenvalue weighted by Gasteiger charge is 2.32. The number of piperidine rings is 1. The fourth-order valence-electron chi connectivity index (χ4n) is 2.85. The Morgan fingerprint density at radius 3 is 2.85 bits per heavy atom. The molecule has 27 heavy (non-hydrogen) atoms. The Balaban J connectivity index is 2.11. The number of rotatable bonds is 3. The van der Waals surface area contributed by atoms with E-state index in [0.29, 0.717) is 29.5 Å². The molecule has 8 heteroatoms. The molecular weight excluding hydrogens is 344 g/mol. The van der Waals surface area contributed by atoms with Crippen LogP contribution in [0.5, 0.6) is 0 Å². The minimum Gasteiger partial charge on any atom is -0.383 e. The SMILES string of the molecule is C=C(C=NC(C)=NC)[C@@H]1CCCCN1C(=O)C(=O)Nc1cnc(N)c(C)c1. The van der Waals surface area contributed by atoms with Crippen molar-refractivity contribution in [3.05, 3.63) is 30.0 Å². The van der Waals surface area contributed by atoms with Crippen LogP contribution in [0, 0.1) is 6.92 Å². The molecule has 0 bridgehead atoms. The first-order valence-corrected chi connectivity index (χ1v) is 8.83. The number of carbonyl (C=O) groups excluding carboxylic acids is 2. The van der Waals surface area contributed by atoms with Gasteiger partial charge in [-0.25, -0.2) is 9.98 Å². The van der Waals surface area contributed by atoms with Gasteiger partial charge in [-0.3, -0.25) is 14.6 Å². The molecule has 1 aliphatic heterocycles. The normalized spacial score (nSPS) is 17.8. The molecular formula is C19H26N6O2. The van der Waals surface area contributed by atoms with Crippen LogP contribution >= 0.6 is 0 Å². The second-order valence-electron chi connectivity index (χ2n) is 6.49. The topological polar surface area (TPSA) is 113 Å². The van der Waals surface area contributed by atoms with Crippen LogP contribution in [-0.4, -0.2) is 53.4 Å². The van der Waals surface area contributed by atoms with Gasteiger partial charge in [0.15, 0.2) is 0 Å². The molecule has 0 aromatic carbocycles. The van der Waals surface area contributed by atoms with Crippen molar-refractivity contribution in [1.82, 2.24) is 9.88 Å². The molecule has 0 saturated carbocycles. The zero-order valence-corrected chi connectivity index (χ0v) is 16.0. The Morgan fingerprint density at radius 1 is 1.44 bits per heavy atom. The maximum atomic E-state index is 12.7. The minimum absolute atomic E-state index is 0.253. The van der Waals surface area contributed by atoms with Crippen LogP contribution in [0.4, 0.5) is 11.5 Å². The number of nitrogens with zero attached hydrogens (tertiary/aromatic N) is 4. The Hall–Kier alpha value is -3.03. The summed E-state index contributed by atoms with van der Waals surface area (Å²) in [5, 5.41) is 2.60. The summed E-state index contributed by atoms with van der Waals surface area (Å²) in [7, 11) is 1.66. The summed E-state index contributed by atoms with van der Waals surface area (Å²) in [5.41, 5.74) is 7.53. The van der Waals surface area contributed by atoms with Gasteiger partial charge in [-0.2, -0.15) is 0 Å². The molecule has 2 amide bonds. The highest BCUT2D eigenvalue weighted by molar-refractivity contribution is 6.39. The third-order valence-corrected chi connectivity index (χ3v) is 4.50. The molecule has 1 aromatic rings. The number of aliphatic imine (C=N–C) groups is 2. The van der Waals surface area contributed by atoms with E-state index in [1.807, 2.05) is 0 Å². The predicted octanol–water partition coefficient (Wildman–Crippen LogP) is 1.97. The lowest BCUT2D eigenvalue weighted by atomic mass is 9.96. The Bertz CT molecular complexity index is 799. The lowest BCUT2D eigenvalue weighted by molar-refractivity contribution is -0.145. The van der Waals surface area contributed by atoms with Gasteiger partial charge in [0.05, 0.1) is 17.9 Å². The van der Waals surface area contributed by atoms with E-state index >= 15 is 0 Å². The van der Waals surface area contributed by atoms with Crippen LogP contribution in [0.25, 0.3) is 0 Å². The molecule has 0 unspecified atom stereocenters. The molecule has 3 N–H and O–H groups in total. The molecule has 144 valence electrons. The molecule has 2 heterocycles. The van der Waals surface area contributed by atoms with E-state index in [4.69, 9.17) is 5.73 Å². The number of nitrogens with one attached hydrogen (secondary N) is 1. The van der Waals surface area contributed by atoms with Gasteiger partial charge in [0.2, 0.25) is 0 Å². The van der Waals surface area contributed by atoms with Crippen LogP contribution in [-0.2, 0) is 9.59 Å². The number of nitrogens with two attached hydrogens (primary N) is 1. The first-order valence-electron chi connectivity index (χ1n) is 8.83. The van der Waals surface area contributed by atoms with Crippen LogP contribution in [0.3, 0.4) is 0 Å². The number of likely N-dealkylation sites (tertiary alicyclic amines) is 1. The number of hydrogen-bond donors (Lipinski definition) is 2. The number of hydrogen-bond acceptors (Lipinski definition) is 5. The van der Waals surface area contributed by atoms with Crippen LogP contribution in [0.2, 0.25) is 0 Å². The largest absolute Gasteiger partial charge is 0.383 e. The average Bonchev–Trinajstić information content (AvgIpc) is 2.67. The van der Waals surface area contributed by atoms with E-state index in [2.05, 4.69) is 26.9 Å². The van der Waals surface area contributed by atoms with E-state index in [0.717, 1.165) is 24.8 Å². The van der Waals surface area contributed by atoms with Gasteiger partial charge in [-0.05, 0) is 50.3 Å². The van der Waals surface area contributed by atoms with Gasteiger partial charge in [0.1, 0.15) is 11.7 Å². The van der Waals surface area contributed by atoms with Gasteiger partial charge in [0, 0.05) is 19.8 Å². The van der Waals surface area contributed by atoms with Crippen molar-refractivity contribution < 1.29 is 9.59 Å². The van der Waals surface area contributed by atoms with Gasteiger partial charge in [-0.15, -0.1) is 0 Å². The van der Waals surface area contributed by atoms with Crippen molar-refractivity contribution in [2.75, 3.05) is 24.6 Å². The smallest absolute Gasteiger partial charge is 0.313 e. The molecule has 1 atom stereocenters. The first kappa shape index (κ1) is 20.3. The maximum absolute atomic E-state index is 12.7. The van der Waals surface area contributed by atoms with Crippen molar-refractivity contribution >= 4 is 35.4 Å². The second-order valence-corrected chi connectivity index (χ2v) is 6.49. The Morgan fingerprint density at radius 2 is 2.19 bits per heavy atom. The van der Waals surface area contributed by atoms with Gasteiger partial charge >= 0.3 is 11.8 Å². The maximum Gasteiger partial charge on any atom is 0.313 e. The lowest BCUT2D eigenvalue weighted by Crippen LogP contribution is -2.49. The molecule has 0 aliphatic carbocycles. The number of aryl methyl sites for hydroxylation is 1. The number of aromatic nitrogens is 1. The number of nitrogen functional groups attached to an aromatic ring is 1. The second kappa shape index (κ2) is 9.07. The van der Waals surface area contributed by atoms with Crippen molar-refractivity contribution in [2.24, 2.45) is 9.98 Å². The highest BCUT2D eigenvalue weighted by atomic mass is 16.2. The predicted molar refractivity (Wildman–Crippen MR) is 108 cm³/mol. The summed E-state index contributed by atoms with van der Waals surface area (Å²) in [5.74, 6) is -0.292. The summed E-state index contributed by atoms with van der Waals surface area (Å²) in [6, 6.07) is 1.43. The third kappa shape index (κ3) is 5.22. The van der Waals surface area contributed by atoms with E-state index in [1.165, 1.54) is 6.20 Å². The van der Waals surface area contributed by atoms with Crippen molar-refractivity contribution in [3.63, 3.8) is 0 Å². The molecule has 0 radical (unpaired) electrons. The molecule has 2 rings (SSSR count).